The zero-order chi connectivity index (χ0) is 18.7. The molecule has 0 amide bonds. The van der Waals surface area contributed by atoms with Gasteiger partial charge in [0.2, 0.25) is 0 Å². The highest BCUT2D eigenvalue weighted by atomic mass is 32.2. The lowest BCUT2D eigenvalue weighted by atomic mass is 10.1. The zero-order valence-electron chi connectivity index (χ0n) is 13.6. The third-order valence-electron chi connectivity index (χ3n) is 3.82. The highest BCUT2D eigenvalue weighted by Gasteiger charge is 2.15. The molecule has 0 bridgehead atoms. The van der Waals surface area contributed by atoms with Gasteiger partial charge in [-0.3, -0.25) is 4.72 Å². The molecule has 26 heavy (non-hydrogen) atoms. The molecule has 3 N–H and O–H groups in total. The van der Waals surface area contributed by atoms with Crippen LogP contribution in [0.3, 0.4) is 0 Å². The molecule has 3 aromatic carbocycles. The number of sulfonamides is 1. The van der Waals surface area contributed by atoms with Crippen LogP contribution in [0.25, 0.3) is 11.1 Å². The first-order valence-corrected chi connectivity index (χ1v) is 9.25. The maximum Gasteiger partial charge on any atom is 0.261 e. The smallest absolute Gasteiger partial charge is 0.261 e. The molecule has 0 saturated carbocycles. The maximum absolute atomic E-state index is 13.8. The summed E-state index contributed by atoms with van der Waals surface area (Å²) in [5.41, 5.74) is 7.40. The molecular weight excluding hydrogens is 358 g/mol. The Bertz CT molecular complexity index is 1040. The highest BCUT2D eigenvalue weighted by molar-refractivity contribution is 7.92. The molecule has 0 aromatic heterocycles. The third-order valence-corrected chi connectivity index (χ3v) is 5.22. The summed E-state index contributed by atoms with van der Waals surface area (Å²) in [6.07, 6.45) is 0. The van der Waals surface area contributed by atoms with E-state index < -0.39 is 21.7 Å². The van der Waals surface area contributed by atoms with E-state index in [4.69, 9.17) is 5.73 Å². The van der Waals surface area contributed by atoms with Crippen LogP contribution in [-0.2, 0) is 16.6 Å². The second-order valence-corrected chi connectivity index (χ2v) is 7.34. The van der Waals surface area contributed by atoms with Gasteiger partial charge in [0.25, 0.3) is 10.0 Å². The van der Waals surface area contributed by atoms with Gasteiger partial charge in [-0.2, -0.15) is 0 Å². The van der Waals surface area contributed by atoms with Crippen LogP contribution in [-0.4, -0.2) is 8.42 Å². The fraction of sp³-hybridized carbons (Fsp3) is 0.0526. The molecule has 7 heteroatoms. The molecule has 0 atom stereocenters. The SMILES string of the molecule is NCc1cccc(NS(=O)(=O)c2ccc(-c3ccc(F)cc3F)cc2)c1. The Morgan fingerprint density at radius 1 is 0.923 bits per heavy atom. The lowest BCUT2D eigenvalue weighted by Gasteiger charge is -2.10. The van der Waals surface area contributed by atoms with E-state index in [1.807, 2.05) is 0 Å². The Morgan fingerprint density at radius 3 is 2.31 bits per heavy atom. The molecule has 4 nitrogen and oxygen atoms in total. The average molecular weight is 374 g/mol. The van der Waals surface area contributed by atoms with Crippen molar-refractivity contribution in [1.82, 2.24) is 0 Å². The second-order valence-electron chi connectivity index (χ2n) is 5.66. The Morgan fingerprint density at radius 2 is 1.65 bits per heavy atom. The molecule has 3 aromatic rings. The summed E-state index contributed by atoms with van der Waals surface area (Å²) < 4.78 is 54.3. The van der Waals surface area contributed by atoms with E-state index in [2.05, 4.69) is 4.72 Å². The number of benzene rings is 3. The first-order valence-electron chi connectivity index (χ1n) is 7.76. The molecule has 0 spiro atoms. The minimum absolute atomic E-state index is 0.0296. The lowest BCUT2D eigenvalue weighted by molar-refractivity contribution is 0.585. The molecule has 0 aliphatic heterocycles. The van der Waals surface area contributed by atoms with Gasteiger partial charge in [0.1, 0.15) is 11.6 Å². The van der Waals surface area contributed by atoms with Crippen molar-refractivity contribution in [3.05, 3.63) is 83.9 Å². The van der Waals surface area contributed by atoms with Gasteiger partial charge in [0.05, 0.1) is 4.90 Å². The van der Waals surface area contributed by atoms with Crippen LogP contribution in [0.5, 0.6) is 0 Å². The summed E-state index contributed by atoms with van der Waals surface area (Å²) in [6, 6.07) is 15.7. The van der Waals surface area contributed by atoms with Gasteiger partial charge in [-0.25, -0.2) is 17.2 Å². The van der Waals surface area contributed by atoms with Crippen molar-refractivity contribution in [2.75, 3.05) is 4.72 Å². The number of nitrogens with two attached hydrogens (primary N) is 1. The number of hydrogen-bond donors (Lipinski definition) is 2. The van der Waals surface area contributed by atoms with Crippen LogP contribution in [0.2, 0.25) is 0 Å². The summed E-state index contributed by atoms with van der Waals surface area (Å²) in [5.74, 6) is -1.38. The van der Waals surface area contributed by atoms with Gasteiger partial charge in [0, 0.05) is 23.9 Å². The molecule has 0 radical (unpaired) electrons. The van der Waals surface area contributed by atoms with Crippen molar-refractivity contribution in [2.24, 2.45) is 5.73 Å². The number of anilines is 1. The average Bonchev–Trinajstić information content (AvgIpc) is 2.62. The van der Waals surface area contributed by atoms with E-state index in [1.165, 1.54) is 30.3 Å². The van der Waals surface area contributed by atoms with Crippen molar-refractivity contribution in [1.29, 1.82) is 0 Å². The maximum atomic E-state index is 13.8. The quantitative estimate of drug-likeness (QED) is 0.712. The fourth-order valence-corrected chi connectivity index (χ4v) is 3.56. The molecule has 0 fully saturated rings. The number of hydrogen-bond acceptors (Lipinski definition) is 3. The van der Waals surface area contributed by atoms with Gasteiger partial charge in [-0.15, -0.1) is 0 Å². The van der Waals surface area contributed by atoms with Gasteiger partial charge in [-0.05, 0) is 47.5 Å². The molecular formula is C19H16F2N2O2S. The standard InChI is InChI=1S/C19H16F2N2O2S/c20-15-6-9-18(19(21)11-15)14-4-7-17(8-5-14)26(24,25)23-16-3-1-2-13(10-16)12-22/h1-11,23H,12,22H2. The molecule has 3 rings (SSSR count). The van der Waals surface area contributed by atoms with Gasteiger partial charge >= 0.3 is 0 Å². The van der Waals surface area contributed by atoms with E-state index in [-0.39, 0.29) is 10.5 Å². The third kappa shape index (κ3) is 3.89. The van der Waals surface area contributed by atoms with Crippen molar-refractivity contribution < 1.29 is 17.2 Å². The summed E-state index contributed by atoms with van der Waals surface area (Å²) in [5, 5.41) is 0. The molecule has 134 valence electrons. The van der Waals surface area contributed by atoms with Crippen molar-refractivity contribution in [3.8, 4) is 11.1 Å². The predicted octanol–water partition coefficient (Wildman–Crippen LogP) is 3.89. The van der Waals surface area contributed by atoms with Crippen molar-refractivity contribution >= 4 is 15.7 Å². The largest absolute Gasteiger partial charge is 0.326 e. The zero-order valence-corrected chi connectivity index (χ0v) is 14.4. The molecule has 0 aliphatic rings. The fourth-order valence-electron chi connectivity index (χ4n) is 2.51. The molecule has 0 unspecified atom stereocenters. The van der Waals surface area contributed by atoms with E-state index in [9.17, 15) is 17.2 Å². The van der Waals surface area contributed by atoms with Crippen LogP contribution < -0.4 is 10.5 Å². The second kappa shape index (κ2) is 7.23. The normalized spacial score (nSPS) is 11.3. The minimum Gasteiger partial charge on any atom is -0.326 e. The Hall–Kier alpha value is -2.77. The Labute approximate surface area is 150 Å². The van der Waals surface area contributed by atoms with Gasteiger partial charge in [0.15, 0.2) is 0 Å². The van der Waals surface area contributed by atoms with Crippen molar-refractivity contribution in [3.63, 3.8) is 0 Å². The molecule has 0 aliphatic carbocycles. The van der Waals surface area contributed by atoms with E-state index >= 15 is 0 Å². The number of halogens is 2. The Balaban J connectivity index is 1.87. The van der Waals surface area contributed by atoms with Crippen LogP contribution in [0, 0.1) is 11.6 Å². The van der Waals surface area contributed by atoms with Crippen LogP contribution in [0.15, 0.2) is 71.6 Å². The molecule has 0 saturated heterocycles. The van der Waals surface area contributed by atoms with Gasteiger partial charge in [-0.1, -0.05) is 24.3 Å². The molecule has 0 heterocycles. The van der Waals surface area contributed by atoms with Crippen molar-refractivity contribution in [2.45, 2.75) is 11.4 Å². The van der Waals surface area contributed by atoms with Crippen LogP contribution in [0.4, 0.5) is 14.5 Å². The number of rotatable bonds is 5. The monoisotopic (exact) mass is 374 g/mol. The first-order chi connectivity index (χ1) is 12.4. The summed E-state index contributed by atoms with van der Waals surface area (Å²) in [6.45, 7) is 0.299. The van der Waals surface area contributed by atoms with E-state index in [1.54, 1.807) is 24.3 Å². The van der Waals surface area contributed by atoms with E-state index in [0.717, 1.165) is 17.7 Å². The summed E-state index contributed by atoms with van der Waals surface area (Å²) in [7, 11) is -3.80. The van der Waals surface area contributed by atoms with E-state index in [0.29, 0.717) is 17.8 Å². The van der Waals surface area contributed by atoms with Gasteiger partial charge < -0.3 is 5.73 Å². The summed E-state index contributed by atoms with van der Waals surface area (Å²) >= 11 is 0. The van der Waals surface area contributed by atoms with Crippen LogP contribution >= 0.6 is 0 Å². The Kier molecular flexibility index (Phi) is 5.01. The van der Waals surface area contributed by atoms with Crippen LogP contribution in [0.1, 0.15) is 5.56 Å². The number of nitrogens with one attached hydrogen (secondary N) is 1. The topological polar surface area (TPSA) is 72.2 Å². The minimum atomic E-state index is -3.80. The highest BCUT2D eigenvalue weighted by Crippen LogP contribution is 2.25. The lowest BCUT2D eigenvalue weighted by Crippen LogP contribution is -2.13. The summed E-state index contributed by atoms with van der Waals surface area (Å²) in [4.78, 5) is 0.0296. The predicted molar refractivity (Wildman–Crippen MR) is 96.9 cm³/mol. The first kappa shape index (κ1) is 18.0.